The van der Waals surface area contributed by atoms with Gasteiger partial charge in [-0.05, 0) is 50.4 Å². The molecule has 0 spiro atoms. The highest BCUT2D eigenvalue weighted by atomic mass is 79.9. The van der Waals surface area contributed by atoms with Crippen molar-refractivity contribution in [3.63, 3.8) is 0 Å². The Kier molecular flexibility index (Phi) is 4.76. The van der Waals surface area contributed by atoms with Crippen LogP contribution in [0.1, 0.15) is 31.7 Å². The van der Waals surface area contributed by atoms with Crippen LogP contribution in [0.3, 0.4) is 0 Å². The van der Waals surface area contributed by atoms with Gasteiger partial charge in [0.15, 0.2) is 0 Å². The number of hydrogen-bond acceptors (Lipinski definition) is 2. The third-order valence-electron chi connectivity index (χ3n) is 3.50. The van der Waals surface area contributed by atoms with E-state index in [9.17, 15) is 9.50 Å². The Morgan fingerprint density at radius 3 is 3.00 bits per heavy atom. The van der Waals surface area contributed by atoms with Gasteiger partial charge in [-0.3, -0.25) is 4.90 Å². The van der Waals surface area contributed by atoms with Crippen molar-refractivity contribution >= 4 is 15.9 Å². The summed E-state index contributed by atoms with van der Waals surface area (Å²) in [6.45, 7) is 3.71. The van der Waals surface area contributed by atoms with Gasteiger partial charge < -0.3 is 5.11 Å². The summed E-state index contributed by atoms with van der Waals surface area (Å²) in [6.07, 6.45) is 2.88. The van der Waals surface area contributed by atoms with Crippen LogP contribution in [0.25, 0.3) is 0 Å². The summed E-state index contributed by atoms with van der Waals surface area (Å²) >= 11 is 3.41. The SMILES string of the molecule is CC(O)CC1CCCN1Cc1ccc(F)cc1Br. The molecule has 0 aliphatic carbocycles. The fourth-order valence-electron chi connectivity index (χ4n) is 2.63. The lowest BCUT2D eigenvalue weighted by Gasteiger charge is -2.26. The second kappa shape index (κ2) is 6.13. The molecule has 0 bridgehead atoms. The highest BCUT2D eigenvalue weighted by Crippen LogP contribution is 2.26. The van der Waals surface area contributed by atoms with Crippen molar-refractivity contribution in [2.75, 3.05) is 6.54 Å². The van der Waals surface area contributed by atoms with Crippen LogP contribution in [-0.2, 0) is 6.54 Å². The number of rotatable bonds is 4. The van der Waals surface area contributed by atoms with Gasteiger partial charge in [0.1, 0.15) is 5.82 Å². The van der Waals surface area contributed by atoms with E-state index in [2.05, 4.69) is 20.8 Å². The molecule has 1 heterocycles. The Morgan fingerprint density at radius 1 is 1.56 bits per heavy atom. The van der Waals surface area contributed by atoms with E-state index in [1.54, 1.807) is 0 Å². The lowest BCUT2D eigenvalue weighted by atomic mass is 10.1. The van der Waals surface area contributed by atoms with Gasteiger partial charge in [0.05, 0.1) is 6.10 Å². The molecule has 2 nitrogen and oxygen atoms in total. The zero-order chi connectivity index (χ0) is 13.1. The number of halogens is 2. The second-order valence-electron chi connectivity index (χ2n) is 5.09. The molecule has 4 heteroatoms. The number of benzene rings is 1. The van der Waals surface area contributed by atoms with Crippen LogP contribution in [0.15, 0.2) is 22.7 Å². The Hall–Kier alpha value is -0.450. The van der Waals surface area contributed by atoms with Crippen LogP contribution in [0.5, 0.6) is 0 Å². The lowest BCUT2D eigenvalue weighted by Crippen LogP contribution is -2.31. The predicted octanol–water partition coefficient (Wildman–Crippen LogP) is 3.32. The minimum absolute atomic E-state index is 0.215. The molecule has 1 N–H and O–H groups in total. The molecule has 0 amide bonds. The molecule has 100 valence electrons. The maximum atomic E-state index is 13.0. The predicted molar refractivity (Wildman–Crippen MR) is 73.8 cm³/mol. The topological polar surface area (TPSA) is 23.5 Å². The summed E-state index contributed by atoms with van der Waals surface area (Å²) in [7, 11) is 0. The van der Waals surface area contributed by atoms with Crippen molar-refractivity contribution < 1.29 is 9.50 Å². The third kappa shape index (κ3) is 3.53. The Morgan fingerprint density at radius 2 is 2.33 bits per heavy atom. The molecule has 2 unspecified atom stereocenters. The van der Waals surface area contributed by atoms with E-state index in [-0.39, 0.29) is 11.9 Å². The maximum Gasteiger partial charge on any atom is 0.124 e. The highest BCUT2D eigenvalue weighted by molar-refractivity contribution is 9.10. The van der Waals surface area contributed by atoms with E-state index in [1.165, 1.54) is 18.6 Å². The van der Waals surface area contributed by atoms with Crippen LogP contribution >= 0.6 is 15.9 Å². The van der Waals surface area contributed by atoms with E-state index in [4.69, 9.17) is 0 Å². The first-order valence-corrected chi connectivity index (χ1v) is 7.21. The number of hydrogen-bond donors (Lipinski definition) is 1. The Balaban J connectivity index is 2.03. The van der Waals surface area contributed by atoms with Gasteiger partial charge in [-0.1, -0.05) is 22.0 Å². The van der Waals surface area contributed by atoms with Crippen molar-refractivity contribution in [1.82, 2.24) is 4.90 Å². The molecular weight excluding hydrogens is 297 g/mol. The molecule has 1 aromatic rings. The number of aliphatic hydroxyl groups excluding tert-OH is 1. The fourth-order valence-corrected chi connectivity index (χ4v) is 3.11. The molecule has 2 rings (SSSR count). The van der Waals surface area contributed by atoms with Crippen molar-refractivity contribution in [2.45, 2.75) is 44.9 Å². The first-order valence-electron chi connectivity index (χ1n) is 6.42. The normalized spacial score (nSPS) is 22.3. The highest BCUT2D eigenvalue weighted by Gasteiger charge is 2.25. The zero-order valence-electron chi connectivity index (χ0n) is 10.6. The van der Waals surface area contributed by atoms with Crippen LogP contribution in [0.4, 0.5) is 4.39 Å². The molecule has 1 fully saturated rings. The summed E-state index contributed by atoms with van der Waals surface area (Å²) in [5.74, 6) is -0.215. The van der Waals surface area contributed by atoms with Gasteiger partial charge >= 0.3 is 0 Å². The largest absolute Gasteiger partial charge is 0.393 e. The van der Waals surface area contributed by atoms with Crippen molar-refractivity contribution in [3.05, 3.63) is 34.1 Å². The monoisotopic (exact) mass is 315 g/mol. The van der Waals surface area contributed by atoms with Gasteiger partial charge in [-0.2, -0.15) is 0 Å². The van der Waals surface area contributed by atoms with Gasteiger partial charge in [-0.15, -0.1) is 0 Å². The van der Waals surface area contributed by atoms with E-state index < -0.39 is 0 Å². The average molecular weight is 316 g/mol. The first-order chi connectivity index (χ1) is 8.56. The zero-order valence-corrected chi connectivity index (χ0v) is 12.2. The van der Waals surface area contributed by atoms with Crippen LogP contribution in [0, 0.1) is 5.82 Å². The fraction of sp³-hybridized carbons (Fsp3) is 0.571. The van der Waals surface area contributed by atoms with Gasteiger partial charge in [0, 0.05) is 17.1 Å². The van der Waals surface area contributed by atoms with E-state index in [1.807, 2.05) is 13.0 Å². The molecule has 0 radical (unpaired) electrons. The molecule has 1 saturated heterocycles. The molecular formula is C14H19BrFNO. The van der Waals surface area contributed by atoms with E-state index >= 15 is 0 Å². The minimum Gasteiger partial charge on any atom is -0.393 e. The second-order valence-corrected chi connectivity index (χ2v) is 5.94. The van der Waals surface area contributed by atoms with Crippen molar-refractivity contribution in [2.24, 2.45) is 0 Å². The van der Waals surface area contributed by atoms with E-state index in [0.717, 1.165) is 36.0 Å². The maximum absolute atomic E-state index is 13.0. The number of aliphatic hydroxyl groups is 1. The Labute approximate surface area is 116 Å². The quantitative estimate of drug-likeness (QED) is 0.921. The van der Waals surface area contributed by atoms with Crippen molar-refractivity contribution in [1.29, 1.82) is 0 Å². The molecule has 1 aliphatic heterocycles. The molecule has 1 aromatic carbocycles. The van der Waals surface area contributed by atoms with Crippen LogP contribution < -0.4 is 0 Å². The van der Waals surface area contributed by atoms with Crippen molar-refractivity contribution in [3.8, 4) is 0 Å². The van der Waals surface area contributed by atoms with Gasteiger partial charge in [0.2, 0.25) is 0 Å². The number of likely N-dealkylation sites (tertiary alicyclic amines) is 1. The summed E-state index contributed by atoms with van der Waals surface area (Å²) in [5, 5.41) is 9.50. The van der Waals surface area contributed by atoms with Gasteiger partial charge in [-0.25, -0.2) is 4.39 Å². The molecule has 0 saturated carbocycles. The van der Waals surface area contributed by atoms with E-state index in [0.29, 0.717) is 6.04 Å². The third-order valence-corrected chi connectivity index (χ3v) is 4.24. The summed E-state index contributed by atoms with van der Waals surface area (Å²) in [5.41, 5.74) is 1.11. The standard InChI is InChI=1S/C14H19BrFNO/c1-10(18)7-13-3-2-6-17(13)9-11-4-5-12(16)8-14(11)15/h4-5,8,10,13,18H,2-3,6-7,9H2,1H3. The lowest BCUT2D eigenvalue weighted by molar-refractivity contribution is 0.130. The number of nitrogens with zero attached hydrogens (tertiary/aromatic N) is 1. The summed E-state index contributed by atoms with van der Waals surface area (Å²) in [4.78, 5) is 2.38. The average Bonchev–Trinajstić information content (AvgIpc) is 2.69. The van der Waals surface area contributed by atoms with Gasteiger partial charge in [0.25, 0.3) is 0 Å². The Bertz CT molecular complexity index is 411. The smallest absolute Gasteiger partial charge is 0.124 e. The molecule has 0 aromatic heterocycles. The summed E-state index contributed by atoms with van der Waals surface area (Å²) in [6, 6.07) is 5.29. The van der Waals surface area contributed by atoms with Crippen LogP contribution in [-0.4, -0.2) is 28.7 Å². The van der Waals surface area contributed by atoms with Crippen LogP contribution in [0.2, 0.25) is 0 Å². The molecule has 18 heavy (non-hydrogen) atoms. The molecule has 2 atom stereocenters. The first kappa shape index (κ1) is 14.0. The minimum atomic E-state index is -0.257. The summed E-state index contributed by atoms with van der Waals surface area (Å²) < 4.78 is 13.9. The molecule has 1 aliphatic rings.